The molecule has 1 fully saturated rings. The summed E-state index contributed by atoms with van der Waals surface area (Å²) in [6.45, 7) is 7.63. The molecule has 1 rings (SSSR count). The third-order valence-electron chi connectivity index (χ3n) is 3.50. The van der Waals surface area contributed by atoms with Crippen LogP contribution in [-0.2, 0) is 14.4 Å². The monoisotopic (exact) mass is 269 g/mol. The summed E-state index contributed by atoms with van der Waals surface area (Å²) in [6.07, 6.45) is 1.00. The van der Waals surface area contributed by atoms with E-state index in [0.29, 0.717) is 6.54 Å². The Bertz CT molecular complexity index is 406. The summed E-state index contributed by atoms with van der Waals surface area (Å²) in [6, 6.07) is 0. The summed E-state index contributed by atoms with van der Waals surface area (Å²) < 4.78 is 0. The van der Waals surface area contributed by atoms with E-state index in [-0.39, 0.29) is 24.8 Å². The standard InChI is InChI=1S/C13H23N3O3/c1-5-6-15-13(4,10(14)18)8-16-9(17)7-12(2,3)11(16)19/h15H,5-8H2,1-4H3,(H2,14,18). The second-order valence-electron chi connectivity index (χ2n) is 5.97. The van der Waals surface area contributed by atoms with Gasteiger partial charge in [0.15, 0.2) is 0 Å². The smallest absolute Gasteiger partial charge is 0.239 e. The molecule has 3 N–H and O–H groups in total. The minimum absolute atomic E-state index is 0.0105. The maximum absolute atomic E-state index is 12.1. The van der Waals surface area contributed by atoms with Gasteiger partial charge in [0.1, 0.15) is 5.54 Å². The van der Waals surface area contributed by atoms with Gasteiger partial charge in [0.2, 0.25) is 17.7 Å². The molecule has 0 bridgehead atoms. The van der Waals surface area contributed by atoms with Crippen LogP contribution in [0.25, 0.3) is 0 Å². The van der Waals surface area contributed by atoms with Crippen LogP contribution in [0, 0.1) is 5.41 Å². The van der Waals surface area contributed by atoms with Gasteiger partial charge in [0, 0.05) is 6.42 Å². The first-order chi connectivity index (χ1) is 8.64. The molecule has 1 atom stereocenters. The predicted octanol–water partition coefficient (Wildman–Crippen LogP) is 0.0151. The fourth-order valence-electron chi connectivity index (χ4n) is 2.13. The minimum atomic E-state index is -1.08. The number of imide groups is 1. The second-order valence-corrected chi connectivity index (χ2v) is 5.97. The molecule has 0 saturated carbocycles. The highest BCUT2D eigenvalue weighted by molar-refractivity contribution is 6.06. The van der Waals surface area contributed by atoms with Crippen LogP contribution in [-0.4, -0.2) is 41.2 Å². The molecule has 0 aromatic heterocycles. The normalized spacial score (nSPS) is 21.6. The average Bonchev–Trinajstić information content (AvgIpc) is 2.49. The van der Waals surface area contributed by atoms with Gasteiger partial charge in [-0.1, -0.05) is 20.8 Å². The van der Waals surface area contributed by atoms with Crippen LogP contribution in [0.5, 0.6) is 0 Å². The van der Waals surface area contributed by atoms with Gasteiger partial charge in [-0.2, -0.15) is 0 Å². The van der Waals surface area contributed by atoms with Crippen molar-refractivity contribution in [3.8, 4) is 0 Å². The Hall–Kier alpha value is -1.43. The SMILES string of the molecule is CCCNC(C)(CN1C(=O)CC(C)(C)C1=O)C(N)=O. The number of carbonyl (C=O) groups is 3. The number of carbonyl (C=O) groups excluding carboxylic acids is 3. The molecule has 0 aromatic carbocycles. The van der Waals surface area contributed by atoms with E-state index in [0.717, 1.165) is 11.3 Å². The van der Waals surface area contributed by atoms with Gasteiger partial charge in [0.25, 0.3) is 0 Å². The Labute approximate surface area is 113 Å². The fourth-order valence-corrected chi connectivity index (χ4v) is 2.13. The van der Waals surface area contributed by atoms with Crippen molar-refractivity contribution < 1.29 is 14.4 Å². The van der Waals surface area contributed by atoms with Crippen LogP contribution >= 0.6 is 0 Å². The molecule has 1 aliphatic rings. The number of primary amides is 1. The average molecular weight is 269 g/mol. The van der Waals surface area contributed by atoms with Gasteiger partial charge in [-0.15, -0.1) is 0 Å². The van der Waals surface area contributed by atoms with E-state index in [4.69, 9.17) is 5.73 Å². The number of nitrogens with one attached hydrogen (secondary N) is 1. The molecule has 1 unspecified atom stereocenters. The predicted molar refractivity (Wildman–Crippen MR) is 71.0 cm³/mol. The van der Waals surface area contributed by atoms with E-state index < -0.39 is 16.9 Å². The lowest BCUT2D eigenvalue weighted by molar-refractivity contribution is -0.142. The van der Waals surface area contributed by atoms with Gasteiger partial charge in [-0.25, -0.2) is 0 Å². The Balaban J connectivity index is 2.89. The molecular weight excluding hydrogens is 246 g/mol. The zero-order valence-corrected chi connectivity index (χ0v) is 12.1. The lowest BCUT2D eigenvalue weighted by Gasteiger charge is -2.31. The number of amides is 3. The molecule has 6 nitrogen and oxygen atoms in total. The summed E-state index contributed by atoms with van der Waals surface area (Å²) >= 11 is 0. The highest BCUT2D eigenvalue weighted by Crippen LogP contribution is 2.32. The van der Waals surface area contributed by atoms with E-state index >= 15 is 0 Å². The van der Waals surface area contributed by atoms with Gasteiger partial charge in [-0.3, -0.25) is 19.3 Å². The summed E-state index contributed by atoms with van der Waals surface area (Å²) in [5.74, 6) is -1.06. The molecule has 19 heavy (non-hydrogen) atoms. The van der Waals surface area contributed by atoms with Crippen molar-refractivity contribution in [1.29, 1.82) is 0 Å². The largest absolute Gasteiger partial charge is 0.368 e. The Morgan fingerprint density at radius 3 is 2.42 bits per heavy atom. The van der Waals surface area contributed by atoms with Crippen LogP contribution in [0.2, 0.25) is 0 Å². The molecule has 0 spiro atoms. The van der Waals surface area contributed by atoms with Gasteiger partial charge >= 0.3 is 0 Å². The van der Waals surface area contributed by atoms with Crippen LogP contribution in [0.4, 0.5) is 0 Å². The second kappa shape index (κ2) is 5.28. The fraction of sp³-hybridized carbons (Fsp3) is 0.769. The summed E-state index contributed by atoms with van der Waals surface area (Å²) in [4.78, 5) is 36.8. The van der Waals surface area contributed by atoms with E-state index in [2.05, 4.69) is 5.32 Å². The van der Waals surface area contributed by atoms with Gasteiger partial charge < -0.3 is 11.1 Å². The molecular formula is C13H23N3O3. The molecule has 6 heteroatoms. The molecule has 0 aliphatic carbocycles. The maximum atomic E-state index is 12.1. The van der Waals surface area contributed by atoms with Crippen molar-refractivity contribution in [2.24, 2.45) is 11.1 Å². The van der Waals surface area contributed by atoms with Crippen LogP contribution < -0.4 is 11.1 Å². The van der Waals surface area contributed by atoms with Crippen molar-refractivity contribution in [2.45, 2.75) is 46.1 Å². The first kappa shape index (κ1) is 15.6. The van der Waals surface area contributed by atoms with Gasteiger partial charge in [-0.05, 0) is 19.9 Å². The number of rotatable bonds is 6. The number of nitrogens with zero attached hydrogens (tertiary/aromatic N) is 1. The topological polar surface area (TPSA) is 92.5 Å². The Morgan fingerprint density at radius 2 is 2.05 bits per heavy atom. The zero-order valence-electron chi connectivity index (χ0n) is 12.1. The quantitative estimate of drug-likeness (QED) is 0.665. The van der Waals surface area contributed by atoms with E-state index in [1.165, 1.54) is 0 Å². The Morgan fingerprint density at radius 1 is 1.47 bits per heavy atom. The van der Waals surface area contributed by atoms with Crippen molar-refractivity contribution in [1.82, 2.24) is 10.2 Å². The minimum Gasteiger partial charge on any atom is -0.368 e. The lowest BCUT2D eigenvalue weighted by atomic mass is 9.92. The van der Waals surface area contributed by atoms with Crippen molar-refractivity contribution in [3.63, 3.8) is 0 Å². The number of nitrogens with two attached hydrogens (primary N) is 1. The highest BCUT2D eigenvalue weighted by Gasteiger charge is 2.48. The number of likely N-dealkylation sites (tertiary alicyclic amines) is 1. The maximum Gasteiger partial charge on any atom is 0.239 e. The van der Waals surface area contributed by atoms with Crippen molar-refractivity contribution in [3.05, 3.63) is 0 Å². The molecule has 1 heterocycles. The number of hydrogen-bond acceptors (Lipinski definition) is 4. The summed E-state index contributed by atoms with van der Waals surface area (Å²) in [7, 11) is 0. The first-order valence-electron chi connectivity index (χ1n) is 6.54. The molecule has 108 valence electrons. The highest BCUT2D eigenvalue weighted by atomic mass is 16.2. The molecule has 0 aromatic rings. The van der Waals surface area contributed by atoms with E-state index in [9.17, 15) is 14.4 Å². The van der Waals surface area contributed by atoms with Crippen LogP contribution in [0.15, 0.2) is 0 Å². The lowest BCUT2D eigenvalue weighted by Crippen LogP contribution is -2.60. The van der Waals surface area contributed by atoms with Crippen LogP contribution in [0.3, 0.4) is 0 Å². The molecule has 3 amide bonds. The molecule has 0 radical (unpaired) electrons. The zero-order chi connectivity index (χ0) is 14.8. The summed E-state index contributed by atoms with van der Waals surface area (Å²) in [5, 5.41) is 3.02. The van der Waals surface area contributed by atoms with E-state index in [1.54, 1.807) is 20.8 Å². The third-order valence-corrected chi connectivity index (χ3v) is 3.50. The molecule has 1 aliphatic heterocycles. The van der Waals surface area contributed by atoms with Gasteiger partial charge in [0.05, 0.1) is 12.0 Å². The van der Waals surface area contributed by atoms with E-state index in [1.807, 2.05) is 6.92 Å². The van der Waals surface area contributed by atoms with Crippen molar-refractivity contribution in [2.75, 3.05) is 13.1 Å². The molecule has 1 saturated heterocycles. The first-order valence-corrected chi connectivity index (χ1v) is 6.54. The van der Waals surface area contributed by atoms with Crippen LogP contribution in [0.1, 0.15) is 40.5 Å². The third kappa shape index (κ3) is 3.12. The number of hydrogen-bond donors (Lipinski definition) is 2. The Kier molecular flexibility index (Phi) is 4.35. The van der Waals surface area contributed by atoms with Crippen molar-refractivity contribution >= 4 is 17.7 Å². The summed E-state index contributed by atoms with van der Waals surface area (Å²) in [5.41, 5.74) is 3.62.